The van der Waals surface area contributed by atoms with Crippen LogP contribution in [0.5, 0.6) is 0 Å². The highest BCUT2D eigenvalue weighted by Crippen LogP contribution is 2.25. The van der Waals surface area contributed by atoms with E-state index in [1.807, 2.05) is 0 Å². The number of urea groups is 1. The number of hydrogen-bond acceptors (Lipinski definition) is 4. The highest BCUT2D eigenvalue weighted by atomic mass is 16.6. The Morgan fingerprint density at radius 2 is 2.05 bits per heavy atom. The number of carboxylic acids is 1. The van der Waals surface area contributed by atoms with E-state index in [0.717, 1.165) is 4.90 Å². The third kappa shape index (κ3) is 4.16. The normalized spacial score (nSPS) is 10.3. The predicted octanol–water partition coefficient (Wildman–Crippen LogP) is 2.23. The van der Waals surface area contributed by atoms with Crippen molar-refractivity contribution in [2.75, 3.05) is 11.9 Å². The van der Waals surface area contributed by atoms with E-state index in [2.05, 4.69) is 5.32 Å². The molecule has 0 aliphatic heterocycles. The Bertz CT molecular complexity index is 571. The minimum atomic E-state index is -1.13. The van der Waals surface area contributed by atoms with Gasteiger partial charge in [0.2, 0.25) is 0 Å². The molecule has 0 atom stereocenters. The minimum Gasteiger partial charge on any atom is -0.480 e. The van der Waals surface area contributed by atoms with E-state index in [1.165, 1.54) is 25.1 Å². The van der Waals surface area contributed by atoms with Gasteiger partial charge in [-0.25, -0.2) is 4.79 Å². The summed E-state index contributed by atoms with van der Waals surface area (Å²) < 4.78 is 0. The van der Waals surface area contributed by atoms with Gasteiger partial charge in [0.25, 0.3) is 5.69 Å². The van der Waals surface area contributed by atoms with Crippen LogP contribution in [0.15, 0.2) is 18.2 Å². The van der Waals surface area contributed by atoms with E-state index in [4.69, 9.17) is 5.11 Å². The Balaban J connectivity index is 2.99. The number of anilines is 1. The van der Waals surface area contributed by atoms with E-state index in [1.54, 1.807) is 13.8 Å². The fourth-order valence-electron chi connectivity index (χ4n) is 1.78. The van der Waals surface area contributed by atoms with E-state index in [9.17, 15) is 19.7 Å². The number of benzene rings is 1. The van der Waals surface area contributed by atoms with Crippen LogP contribution in [0.25, 0.3) is 0 Å². The van der Waals surface area contributed by atoms with Gasteiger partial charge in [-0.2, -0.15) is 0 Å². The third-order valence-corrected chi connectivity index (χ3v) is 2.93. The van der Waals surface area contributed by atoms with Gasteiger partial charge in [0.15, 0.2) is 0 Å². The van der Waals surface area contributed by atoms with Crippen LogP contribution in [0.1, 0.15) is 19.4 Å². The maximum Gasteiger partial charge on any atom is 0.323 e. The van der Waals surface area contributed by atoms with Gasteiger partial charge in [0.05, 0.1) is 16.2 Å². The summed E-state index contributed by atoms with van der Waals surface area (Å²) in [5, 5.41) is 22.2. The summed E-state index contributed by atoms with van der Waals surface area (Å²) in [6.45, 7) is 4.44. The first-order chi connectivity index (χ1) is 9.73. The molecular weight excluding hydrogens is 278 g/mol. The Kier molecular flexibility index (Phi) is 5.23. The Hall–Kier alpha value is -2.64. The van der Waals surface area contributed by atoms with E-state index >= 15 is 0 Å². The van der Waals surface area contributed by atoms with Crippen LogP contribution in [-0.4, -0.2) is 39.5 Å². The molecule has 0 saturated heterocycles. The van der Waals surface area contributed by atoms with Crippen molar-refractivity contribution < 1.29 is 19.6 Å². The molecule has 21 heavy (non-hydrogen) atoms. The first-order valence-corrected chi connectivity index (χ1v) is 6.27. The second-order valence-corrected chi connectivity index (χ2v) is 4.75. The van der Waals surface area contributed by atoms with Gasteiger partial charge >= 0.3 is 12.0 Å². The molecular formula is C13H17N3O5. The molecule has 0 aliphatic carbocycles. The van der Waals surface area contributed by atoms with Crippen LogP contribution in [0.3, 0.4) is 0 Å². The lowest BCUT2D eigenvalue weighted by Gasteiger charge is -2.25. The van der Waals surface area contributed by atoms with Crippen molar-refractivity contribution in [1.29, 1.82) is 0 Å². The highest BCUT2D eigenvalue weighted by Gasteiger charge is 2.22. The SMILES string of the molecule is Cc1c(NC(=O)N(CC(=O)O)C(C)C)cccc1[N+](=O)[O-]. The maximum atomic E-state index is 12.1. The molecule has 0 spiro atoms. The van der Waals surface area contributed by atoms with E-state index in [-0.39, 0.29) is 17.4 Å². The summed E-state index contributed by atoms with van der Waals surface area (Å²) in [5.74, 6) is -1.13. The molecule has 8 nitrogen and oxygen atoms in total. The zero-order chi connectivity index (χ0) is 16.2. The summed E-state index contributed by atoms with van der Waals surface area (Å²) in [4.78, 5) is 34.3. The van der Waals surface area contributed by atoms with Crippen LogP contribution < -0.4 is 5.32 Å². The number of nitro groups is 1. The first kappa shape index (κ1) is 16.4. The largest absolute Gasteiger partial charge is 0.480 e. The van der Waals surface area contributed by atoms with Crippen molar-refractivity contribution in [2.24, 2.45) is 0 Å². The van der Waals surface area contributed by atoms with Crippen molar-refractivity contribution in [3.05, 3.63) is 33.9 Å². The summed E-state index contributed by atoms with van der Waals surface area (Å²) in [6.07, 6.45) is 0. The quantitative estimate of drug-likeness (QED) is 0.638. The summed E-state index contributed by atoms with van der Waals surface area (Å²) >= 11 is 0. The molecule has 2 amide bonds. The molecule has 0 radical (unpaired) electrons. The molecule has 1 aromatic rings. The molecule has 1 rings (SSSR count). The average molecular weight is 295 g/mol. The highest BCUT2D eigenvalue weighted by molar-refractivity contribution is 5.92. The molecule has 1 aromatic carbocycles. The van der Waals surface area contributed by atoms with Gasteiger partial charge < -0.3 is 15.3 Å². The molecule has 8 heteroatoms. The zero-order valence-electron chi connectivity index (χ0n) is 12.0. The average Bonchev–Trinajstić information content (AvgIpc) is 2.37. The first-order valence-electron chi connectivity index (χ1n) is 6.27. The maximum absolute atomic E-state index is 12.1. The standard InChI is InChI=1S/C13H17N3O5/c1-8(2)15(7-12(17)18)13(19)14-10-5-4-6-11(9(10)3)16(20)21/h4-6,8H,7H2,1-3H3,(H,14,19)(H,17,18). The van der Waals surface area contributed by atoms with Crippen LogP contribution in [0.2, 0.25) is 0 Å². The van der Waals surface area contributed by atoms with Crippen LogP contribution in [0, 0.1) is 17.0 Å². The lowest BCUT2D eigenvalue weighted by atomic mass is 10.1. The van der Waals surface area contributed by atoms with Gasteiger partial charge in [0.1, 0.15) is 6.54 Å². The summed E-state index contributed by atoms with van der Waals surface area (Å²) in [7, 11) is 0. The fraction of sp³-hybridized carbons (Fsp3) is 0.385. The van der Waals surface area contributed by atoms with E-state index < -0.39 is 23.5 Å². The number of nitrogens with one attached hydrogen (secondary N) is 1. The number of carbonyl (C=O) groups excluding carboxylic acids is 1. The minimum absolute atomic E-state index is 0.109. The van der Waals surface area contributed by atoms with Crippen LogP contribution in [-0.2, 0) is 4.79 Å². The second-order valence-electron chi connectivity index (χ2n) is 4.75. The summed E-state index contributed by atoms with van der Waals surface area (Å²) in [6, 6.07) is 3.38. The molecule has 0 aromatic heterocycles. The topological polar surface area (TPSA) is 113 Å². The smallest absolute Gasteiger partial charge is 0.323 e. The van der Waals surface area contributed by atoms with Crippen molar-refractivity contribution in [1.82, 2.24) is 4.90 Å². The molecule has 0 heterocycles. The molecule has 114 valence electrons. The van der Waals surface area contributed by atoms with Gasteiger partial charge in [-0.3, -0.25) is 14.9 Å². The number of hydrogen-bond donors (Lipinski definition) is 2. The van der Waals surface area contributed by atoms with Crippen molar-refractivity contribution in [3.8, 4) is 0 Å². The van der Waals surface area contributed by atoms with Crippen molar-refractivity contribution in [3.63, 3.8) is 0 Å². The second kappa shape index (κ2) is 6.69. The number of nitrogens with zero attached hydrogens (tertiary/aromatic N) is 2. The van der Waals surface area contributed by atoms with Gasteiger partial charge in [0, 0.05) is 12.1 Å². The van der Waals surface area contributed by atoms with Crippen LogP contribution in [0.4, 0.5) is 16.2 Å². The summed E-state index contributed by atoms with van der Waals surface area (Å²) in [5.41, 5.74) is 0.488. The molecule has 0 bridgehead atoms. The Morgan fingerprint density at radius 3 is 2.52 bits per heavy atom. The molecule has 2 N–H and O–H groups in total. The number of nitro benzene ring substituents is 1. The lowest BCUT2D eigenvalue weighted by Crippen LogP contribution is -2.43. The Morgan fingerprint density at radius 1 is 1.43 bits per heavy atom. The number of rotatable bonds is 5. The number of carbonyl (C=O) groups is 2. The van der Waals surface area contributed by atoms with Crippen molar-refractivity contribution >= 4 is 23.4 Å². The number of carboxylic acid groups (broad SMARTS) is 1. The van der Waals surface area contributed by atoms with Gasteiger partial charge in [-0.15, -0.1) is 0 Å². The molecule has 0 fully saturated rings. The third-order valence-electron chi connectivity index (χ3n) is 2.93. The van der Waals surface area contributed by atoms with Crippen molar-refractivity contribution in [2.45, 2.75) is 26.8 Å². The van der Waals surface area contributed by atoms with Gasteiger partial charge in [-0.05, 0) is 26.8 Å². The number of amides is 2. The van der Waals surface area contributed by atoms with Gasteiger partial charge in [-0.1, -0.05) is 6.07 Å². The van der Waals surface area contributed by atoms with E-state index in [0.29, 0.717) is 5.56 Å². The monoisotopic (exact) mass is 295 g/mol. The van der Waals surface area contributed by atoms with Crippen LogP contribution >= 0.6 is 0 Å². The molecule has 0 saturated carbocycles. The molecule has 0 unspecified atom stereocenters. The predicted molar refractivity (Wildman–Crippen MR) is 76.3 cm³/mol. The molecule has 0 aliphatic rings. The zero-order valence-corrected chi connectivity index (χ0v) is 12.0. The Labute approximate surface area is 121 Å². The fourth-order valence-corrected chi connectivity index (χ4v) is 1.78. The number of aliphatic carboxylic acids is 1. The lowest BCUT2D eigenvalue weighted by molar-refractivity contribution is -0.385.